The lowest BCUT2D eigenvalue weighted by Crippen LogP contribution is -2.06. The first kappa shape index (κ1) is 9.09. The van der Waals surface area contributed by atoms with Crippen molar-refractivity contribution >= 4 is 10.8 Å². The van der Waals surface area contributed by atoms with Crippen molar-refractivity contribution in [1.82, 2.24) is 10.3 Å². The van der Waals surface area contributed by atoms with Gasteiger partial charge in [0.25, 0.3) is 0 Å². The van der Waals surface area contributed by atoms with E-state index in [1.807, 2.05) is 12.1 Å². The van der Waals surface area contributed by atoms with Crippen molar-refractivity contribution < 1.29 is 4.39 Å². The van der Waals surface area contributed by atoms with Crippen LogP contribution >= 0.6 is 0 Å². The summed E-state index contributed by atoms with van der Waals surface area (Å²) >= 11 is 0. The molecule has 0 saturated carbocycles. The summed E-state index contributed by atoms with van der Waals surface area (Å²) in [5.41, 5.74) is 0.686. The number of rotatable bonds is 2. The Morgan fingerprint density at radius 3 is 3.00 bits per heavy atom. The van der Waals surface area contributed by atoms with Gasteiger partial charge in [0.1, 0.15) is 5.82 Å². The van der Waals surface area contributed by atoms with Gasteiger partial charge in [-0.2, -0.15) is 0 Å². The number of nitrogens with zero attached hydrogens (tertiary/aromatic N) is 1. The number of hydrogen-bond donors (Lipinski definition) is 1. The first-order valence-electron chi connectivity index (χ1n) is 4.48. The highest BCUT2D eigenvalue weighted by atomic mass is 19.1. The van der Waals surface area contributed by atoms with Crippen molar-refractivity contribution in [3.8, 4) is 0 Å². The summed E-state index contributed by atoms with van der Waals surface area (Å²) in [6, 6.07) is 5.26. The van der Waals surface area contributed by atoms with Gasteiger partial charge in [-0.15, -0.1) is 0 Å². The molecular weight excluding hydrogens is 179 g/mol. The van der Waals surface area contributed by atoms with Gasteiger partial charge >= 0.3 is 0 Å². The van der Waals surface area contributed by atoms with Crippen LogP contribution in [-0.2, 0) is 6.54 Å². The van der Waals surface area contributed by atoms with Crippen LogP contribution in [0.15, 0.2) is 30.6 Å². The summed E-state index contributed by atoms with van der Waals surface area (Å²) in [6.07, 6.45) is 3.38. The van der Waals surface area contributed by atoms with Crippen LogP contribution in [0.3, 0.4) is 0 Å². The molecule has 2 rings (SSSR count). The SMILES string of the molecule is CNCc1cc2ccncc2cc1F. The van der Waals surface area contributed by atoms with Crippen LogP contribution in [0.5, 0.6) is 0 Å². The molecule has 14 heavy (non-hydrogen) atoms. The molecule has 0 spiro atoms. The average molecular weight is 190 g/mol. The zero-order chi connectivity index (χ0) is 9.97. The Labute approximate surface area is 81.8 Å². The molecule has 0 aliphatic carbocycles. The van der Waals surface area contributed by atoms with Gasteiger partial charge in [-0.1, -0.05) is 0 Å². The van der Waals surface area contributed by atoms with Crippen LogP contribution in [-0.4, -0.2) is 12.0 Å². The maximum absolute atomic E-state index is 13.4. The van der Waals surface area contributed by atoms with Crippen molar-refractivity contribution in [2.24, 2.45) is 0 Å². The maximum Gasteiger partial charge on any atom is 0.128 e. The van der Waals surface area contributed by atoms with Gasteiger partial charge in [-0.05, 0) is 30.6 Å². The van der Waals surface area contributed by atoms with Crippen molar-refractivity contribution in [2.45, 2.75) is 6.54 Å². The highest BCUT2D eigenvalue weighted by Crippen LogP contribution is 2.17. The lowest BCUT2D eigenvalue weighted by atomic mass is 10.1. The third kappa shape index (κ3) is 1.59. The molecule has 0 fully saturated rings. The molecule has 0 atom stereocenters. The quantitative estimate of drug-likeness (QED) is 0.784. The Hall–Kier alpha value is -1.48. The molecule has 2 nitrogen and oxygen atoms in total. The van der Waals surface area contributed by atoms with E-state index >= 15 is 0 Å². The predicted octanol–water partition coefficient (Wildman–Crippen LogP) is 2.09. The number of nitrogens with one attached hydrogen (secondary N) is 1. The topological polar surface area (TPSA) is 24.9 Å². The van der Waals surface area contributed by atoms with Gasteiger partial charge in [0.15, 0.2) is 0 Å². The van der Waals surface area contributed by atoms with Gasteiger partial charge in [-0.3, -0.25) is 4.98 Å². The van der Waals surface area contributed by atoms with Crippen LogP contribution in [0.1, 0.15) is 5.56 Å². The lowest BCUT2D eigenvalue weighted by Gasteiger charge is -2.04. The molecule has 1 N–H and O–H groups in total. The van der Waals surface area contributed by atoms with Gasteiger partial charge in [0.05, 0.1) is 0 Å². The van der Waals surface area contributed by atoms with E-state index in [2.05, 4.69) is 10.3 Å². The monoisotopic (exact) mass is 190 g/mol. The van der Waals surface area contributed by atoms with Crippen molar-refractivity contribution in [1.29, 1.82) is 0 Å². The molecule has 72 valence electrons. The Kier molecular flexibility index (Phi) is 2.41. The fraction of sp³-hybridized carbons (Fsp3) is 0.182. The van der Waals surface area contributed by atoms with Gasteiger partial charge in [0, 0.05) is 29.9 Å². The minimum atomic E-state index is -0.181. The molecule has 0 aliphatic rings. The Bertz CT molecular complexity index is 454. The molecule has 0 unspecified atom stereocenters. The lowest BCUT2D eigenvalue weighted by molar-refractivity contribution is 0.603. The first-order chi connectivity index (χ1) is 6.81. The summed E-state index contributed by atoms with van der Waals surface area (Å²) < 4.78 is 13.4. The van der Waals surface area contributed by atoms with Gasteiger partial charge < -0.3 is 5.32 Å². The van der Waals surface area contributed by atoms with Crippen molar-refractivity contribution in [2.75, 3.05) is 7.05 Å². The number of pyridine rings is 1. The van der Waals surface area contributed by atoms with E-state index in [9.17, 15) is 4.39 Å². The zero-order valence-corrected chi connectivity index (χ0v) is 7.92. The van der Waals surface area contributed by atoms with Crippen LogP contribution in [0.25, 0.3) is 10.8 Å². The van der Waals surface area contributed by atoms with Crippen LogP contribution in [0.4, 0.5) is 4.39 Å². The van der Waals surface area contributed by atoms with E-state index in [4.69, 9.17) is 0 Å². The summed E-state index contributed by atoms with van der Waals surface area (Å²) in [4.78, 5) is 3.95. The van der Waals surface area contributed by atoms with Gasteiger partial charge in [0.2, 0.25) is 0 Å². The van der Waals surface area contributed by atoms with E-state index in [0.29, 0.717) is 12.1 Å². The van der Waals surface area contributed by atoms with Crippen molar-refractivity contribution in [3.05, 3.63) is 42.0 Å². The Morgan fingerprint density at radius 2 is 2.21 bits per heavy atom. The normalized spacial score (nSPS) is 10.7. The first-order valence-corrected chi connectivity index (χ1v) is 4.48. The number of halogens is 1. The number of benzene rings is 1. The largest absolute Gasteiger partial charge is 0.316 e. The second kappa shape index (κ2) is 3.72. The molecule has 0 aliphatic heterocycles. The molecule has 1 heterocycles. The van der Waals surface area contributed by atoms with Gasteiger partial charge in [-0.25, -0.2) is 4.39 Å². The zero-order valence-electron chi connectivity index (χ0n) is 7.92. The minimum Gasteiger partial charge on any atom is -0.316 e. The number of hydrogen-bond acceptors (Lipinski definition) is 2. The van der Waals surface area contributed by atoms with Crippen molar-refractivity contribution in [3.63, 3.8) is 0 Å². The summed E-state index contributed by atoms with van der Waals surface area (Å²) in [6.45, 7) is 0.546. The molecule has 1 aromatic heterocycles. The molecule has 0 radical (unpaired) electrons. The third-order valence-electron chi connectivity index (χ3n) is 2.17. The summed E-state index contributed by atoms with van der Waals surface area (Å²) in [5, 5.41) is 4.79. The van der Waals surface area contributed by atoms with Crippen LogP contribution in [0.2, 0.25) is 0 Å². The van der Waals surface area contributed by atoms with E-state index in [1.165, 1.54) is 6.07 Å². The highest BCUT2D eigenvalue weighted by molar-refractivity contribution is 5.82. The minimum absolute atomic E-state index is 0.181. The standard InChI is InChI=1S/C11H11FN2/c1-13-6-10-4-8-2-3-14-7-9(8)5-11(10)12/h2-5,7,13H,6H2,1H3. The highest BCUT2D eigenvalue weighted by Gasteiger charge is 2.03. The maximum atomic E-state index is 13.4. The Balaban J connectivity index is 2.59. The smallest absolute Gasteiger partial charge is 0.128 e. The van der Waals surface area contributed by atoms with Crippen LogP contribution < -0.4 is 5.32 Å². The molecular formula is C11H11FN2. The summed E-state index contributed by atoms with van der Waals surface area (Å²) in [7, 11) is 1.80. The molecule has 0 amide bonds. The molecule has 3 heteroatoms. The fourth-order valence-electron chi connectivity index (χ4n) is 1.48. The van der Waals surface area contributed by atoms with E-state index in [0.717, 1.165) is 10.8 Å². The average Bonchev–Trinajstić information content (AvgIpc) is 2.19. The van der Waals surface area contributed by atoms with E-state index < -0.39 is 0 Å². The predicted molar refractivity (Wildman–Crippen MR) is 54.5 cm³/mol. The summed E-state index contributed by atoms with van der Waals surface area (Å²) in [5.74, 6) is -0.181. The number of fused-ring (bicyclic) bond motifs is 1. The second-order valence-corrected chi connectivity index (χ2v) is 3.20. The molecule has 0 saturated heterocycles. The van der Waals surface area contributed by atoms with E-state index in [1.54, 1.807) is 19.4 Å². The van der Waals surface area contributed by atoms with Crippen LogP contribution in [0, 0.1) is 5.82 Å². The molecule has 2 aromatic rings. The fourth-order valence-corrected chi connectivity index (χ4v) is 1.48. The van der Waals surface area contributed by atoms with E-state index in [-0.39, 0.29) is 5.82 Å². The molecule has 0 bridgehead atoms. The second-order valence-electron chi connectivity index (χ2n) is 3.20. The molecule has 1 aromatic carbocycles. The third-order valence-corrected chi connectivity index (χ3v) is 2.17. The Morgan fingerprint density at radius 1 is 1.36 bits per heavy atom. The number of aromatic nitrogens is 1.